The second kappa shape index (κ2) is 5.58. The zero-order valence-corrected chi connectivity index (χ0v) is 13.3. The van der Waals surface area contributed by atoms with E-state index in [1.807, 2.05) is 0 Å². The summed E-state index contributed by atoms with van der Waals surface area (Å²) in [5.41, 5.74) is 0.413. The Morgan fingerprint density at radius 2 is 2.13 bits per heavy atom. The average molecular weight is 337 g/mol. The lowest BCUT2D eigenvalue weighted by Crippen LogP contribution is -2.48. The number of rotatable bonds is 3. The molecule has 8 nitrogen and oxygen atoms in total. The minimum Gasteiger partial charge on any atom is -0.476 e. The van der Waals surface area contributed by atoms with Crippen LogP contribution in [0.1, 0.15) is 5.76 Å². The van der Waals surface area contributed by atoms with E-state index in [1.165, 1.54) is 0 Å². The smallest absolute Gasteiger partial charge is 0.268 e. The van der Waals surface area contributed by atoms with Gasteiger partial charge in [0.2, 0.25) is 10.0 Å². The lowest BCUT2D eigenvalue weighted by molar-refractivity contribution is -0.122. The maximum absolute atomic E-state index is 12.3. The molecule has 1 atom stereocenters. The number of aryl methyl sites for hydroxylation is 1. The van der Waals surface area contributed by atoms with Crippen molar-refractivity contribution >= 4 is 27.4 Å². The van der Waals surface area contributed by atoms with Crippen molar-refractivity contribution in [2.75, 3.05) is 22.4 Å². The Balaban J connectivity index is 1.86. The first kappa shape index (κ1) is 15.3. The Morgan fingerprint density at radius 1 is 1.39 bits per heavy atom. The summed E-state index contributed by atoms with van der Waals surface area (Å²) >= 11 is 0. The molecule has 1 aliphatic heterocycles. The fourth-order valence-corrected chi connectivity index (χ4v) is 3.20. The van der Waals surface area contributed by atoms with Crippen LogP contribution < -0.4 is 14.4 Å². The summed E-state index contributed by atoms with van der Waals surface area (Å²) in [7, 11) is -3.54. The van der Waals surface area contributed by atoms with E-state index < -0.39 is 22.0 Å². The van der Waals surface area contributed by atoms with E-state index in [2.05, 4.69) is 10.5 Å². The monoisotopic (exact) mass is 337 g/mol. The second-order valence-electron chi connectivity index (χ2n) is 5.18. The van der Waals surface area contributed by atoms with Gasteiger partial charge >= 0.3 is 0 Å². The Kier molecular flexibility index (Phi) is 3.72. The molecule has 0 radical (unpaired) electrons. The molecule has 1 amide bonds. The maximum Gasteiger partial charge on any atom is 0.268 e. The highest BCUT2D eigenvalue weighted by Crippen LogP contribution is 2.34. The SMILES string of the molecule is Cc1cc(NC(=O)[C@@H]2CN(S(C)(=O)=O)c3ccccc3O2)no1. The molecule has 9 heteroatoms. The van der Waals surface area contributed by atoms with Crippen molar-refractivity contribution in [2.24, 2.45) is 0 Å². The fraction of sp³-hybridized carbons (Fsp3) is 0.286. The van der Waals surface area contributed by atoms with Crippen LogP contribution in [0.15, 0.2) is 34.9 Å². The normalized spacial score (nSPS) is 17.3. The first-order chi connectivity index (χ1) is 10.8. The summed E-state index contributed by atoms with van der Waals surface area (Å²) in [6.45, 7) is 1.58. The molecular weight excluding hydrogens is 322 g/mol. The molecule has 122 valence electrons. The predicted molar refractivity (Wildman–Crippen MR) is 82.9 cm³/mol. The van der Waals surface area contributed by atoms with E-state index in [-0.39, 0.29) is 12.4 Å². The highest BCUT2D eigenvalue weighted by atomic mass is 32.2. The summed E-state index contributed by atoms with van der Waals surface area (Å²) in [4.78, 5) is 12.3. The van der Waals surface area contributed by atoms with Crippen LogP contribution in [0.4, 0.5) is 11.5 Å². The first-order valence-corrected chi connectivity index (χ1v) is 8.67. The van der Waals surface area contributed by atoms with Crippen molar-refractivity contribution < 1.29 is 22.5 Å². The number of anilines is 2. The van der Waals surface area contributed by atoms with E-state index in [0.29, 0.717) is 17.2 Å². The van der Waals surface area contributed by atoms with Gasteiger partial charge in [0.05, 0.1) is 18.5 Å². The van der Waals surface area contributed by atoms with E-state index in [4.69, 9.17) is 9.26 Å². The average Bonchev–Trinajstić information content (AvgIpc) is 2.90. The number of carbonyl (C=O) groups is 1. The molecule has 23 heavy (non-hydrogen) atoms. The Bertz CT molecular complexity index is 846. The number of fused-ring (bicyclic) bond motifs is 1. The standard InChI is InChI=1S/C14H15N3O5S/c1-9-7-13(16-22-9)15-14(18)12-8-17(23(2,19)20)10-5-3-4-6-11(10)21-12/h3-7,12H,8H2,1-2H3,(H,15,16,18)/t12-/m0/s1. The van der Waals surface area contributed by atoms with Crippen LogP contribution >= 0.6 is 0 Å². The molecule has 2 heterocycles. The molecule has 0 bridgehead atoms. The number of hydrogen-bond acceptors (Lipinski definition) is 6. The number of nitrogens with zero attached hydrogens (tertiary/aromatic N) is 2. The highest BCUT2D eigenvalue weighted by Gasteiger charge is 2.35. The van der Waals surface area contributed by atoms with E-state index in [1.54, 1.807) is 37.3 Å². The zero-order valence-electron chi connectivity index (χ0n) is 12.5. The molecule has 0 spiro atoms. The van der Waals surface area contributed by atoms with E-state index in [0.717, 1.165) is 10.6 Å². The molecule has 1 N–H and O–H groups in total. The van der Waals surface area contributed by atoms with Crippen LogP contribution in [-0.2, 0) is 14.8 Å². The number of carbonyl (C=O) groups excluding carboxylic acids is 1. The van der Waals surface area contributed by atoms with Gasteiger partial charge in [0.1, 0.15) is 11.5 Å². The molecular formula is C14H15N3O5S. The van der Waals surface area contributed by atoms with Crippen LogP contribution in [0.25, 0.3) is 0 Å². The van der Waals surface area contributed by atoms with E-state index >= 15 is 0 Å². The summed E-state index contributed by atoms with van der Waals surface area (Å²) in [6, 6.07) is 8.22. The van der Waals surface area contributed by atoms with Crippen LogP contribution in [0.5, 0.6) is 5.75 Å². The molecule has 0 aliphatic carbocycles. The van der Waals surface area contributed by atoms with Gasteiger partial charge in [0.25, 0.3) is 5.91 Å². The van der Waals surface area contributed by atoms with Crippen molar-refractivity contribution in [2.45, 2.75) is 13.0 Å². The van der Waals surface area contributed by atoms with Gasteiger partial charge in [-0.2, -0.15) is 0 Å². The van der Waals surface area contributed by atoms with Gasteiger partial charge in [-0.15, -0.1) is 0 Å². The Morgan fingerprint density at radius 3 is 2.78 bits per heavy atom. The maximum atomic E-state index is 12.3. The van der Waals surface area contributed by atoms with Gasteiger partial charge in [-0.1, -0.05) is 17.3 Å². The van der Waals surface area contributed by atoms with Gasteiger partial charge in [0, 0.05) is 6.07 Å². The number of para-hydroxylation sites is 2. The fourth-order valence-electron chi connectivity index (χ4n) is 2.28. The van der Waals surface area contributed by atoms with Gasteiger partial charge in [0.15, 0.2) is 11.9 Å². The zero-order chi connectivity index (χ0) is 16.6. The summed E-state index contributed by atoms with van der Waals surface area (Å²) in [5.74, 6) is 0.635. The quantitative estimate of drug-likeness (QED) is 0.901. The molecule has 1 aromatic heterocycles. The number of amides is 1. The number of benzene rings is 1. The second-order valence-corrected chi connectivity index (χ2v) is 7.09. The van der Waals surface area contributed by atoms with Crippen LogP contribution in [0.2, 0.25) is 0 Å². The molecule has 0 unspecified atom stereocenters. The third-order valence-electron chi connectivity index (χ3n) is 3.31. The number of aromatic nitrogens is 1. The van der Waals surface area contributed by atoms with E-state index in [9.17, 15) is 13.2 Å². The van der Waals surface area contributed by atoms with Crippen molar-refractivity contribution in [1.82, 2.24) is 5.16 Å². The molecule has 1 aliphatic rings. The van der Waals surface area contributed by atoms with Crippen molar-refractivity contribution in [3.63, 3.8) is 0 Å². The Hall–Kier alpha value is -2.55. The number of ether oxygens (including phenoxy) is 1. The largest absolute Gasteiger partial charge is 0.476 e. The predicted octanol–water partition coefficient (Wildman–Crippen LogP) is 1.15. The van der Waals surface area contributed by atoms with Crippen molar-refractivity contribution in [1.29, 1.82) is 0 Å². The molecule has 3 rings (SSSR count). The number of sulfonamides is 1. The Labute approximate surface area is 133 Å². The number of hydrogen-bond donors (Lipinski definition) is 1. The molecule has 0 saturated carbocycles. The summed E-state index contributed by atoms with van der Waals surface area (Å²) in [5, 5.41) is 6.21. The van der Waals surface area contributed by atoms with Crippen molar-refractivity contribution in [3.8, 4) is 5.75 Å². The van der Waals surface area contributed by atoms with Crippen LogP contribution in [0, 0.1) is 6.92 Å². The minimum absolute atomic E-state index is 0.113. The molecule has 0 fully saturated rings. The topological polar surface area (TPSA) is 102 Å². The third-order valence-corrected chi connectivity index (χ3v) is 4.45. The summed E-state index contributed by atoms with van der Waals surface area (Å²) in [6.07, 6.45) is 0.0991. The van der Waals surface area contributed by atoms with Crippen molar-refractivity contribution in [3.05, 3.63) is 36.1 Å². The van der Waals surface area contributed by atoms with Crippen LogP contribution in [0.3, 0.4) is 0 Å². The molecule has 1 aromatic carbocycles. The third kappa shape index (κ3) is 3.14. The molecule has 2 aromatic rings. The summed E-state index contributed by atoms with van der Waals surface area (Å²) < 4.78 is 35.6. The van der Waals surface area contributed by atoms with Gasteiger partial charge in [-0.3, -0.25) is 9.10 Å². The minimum atomic E-state index is -3.54. The molecule has 0 saturated heterocycles. The lowest BCUT2D eigenvalue weighted by atomic mass is 10.2. The number of nitrogens with one attached hydrogen (secondary N) is 1. The van der Waals surface area contributed by atoms with Gasteiger partial charge in [-0.25, -0.2) is 8.42 Å². The van der Waals surface area contributed by atoms with Crippen LogP contribution in [-0.4, -0.2) is 38.4 Å². The van der Waals surface area contributed by atoms with Gasteiger partial charge < -0.3 is 14.6 Å². The highest BCUT2D eigenvalue weighted by molar-refractivity contribution is 7.92. The lowest BCUT2D eigenvalue weighted by Gasteiger charge is -2.33. The van der Waals surface area contributed by atoms with Gasteiger partial charge in [-0.05, 0) is 19.1 Å². The first-order valence-electron chi connectivity index (χ1n) is 6.82.